The fourth-order valence-electron chi connectivity index (χ4n) is 3.56. The highest BCUT2D eigenvalue weighted by Gasteiger charge is 2.29. The van der Waals surface area contributed by atoms with Crippen LogP contribution in [0.1, 0.15) is 40.6 Å². The van der Waals surface area contributed by atoms with Gasteiger partial charge >= 0.3 is 5.97 Å². The molecule has 0 aromatic carbocycles. The maximum atomic E-state index is 12.0. The summed E-state index contributed by atoms with van der Waals surface area (Å²) in [6.45, 7) is 9.82. The number of thiophene rings is 2. The molecule has 1 fully saturated rings. The van der Waals surface area contributed by atoms with E-state index in [9.17, 15) is 4.79 Å². The first-order valence-corrected chi connectivity index (χ1v) is 11.6. The molecule has 5 nitrogen and oxygen atoms in total. The van der Waals surface area contributed by atoms with Crippen LogP contribution in [0.3, 0.4) is 0 Å². The highest BCUT2D eigenvalue weighted by Crippen LogP contribution is 2.26. The molecule has 0 aliphatic carbocycles. The van der Waals surface area contributed by atoms with Crippen LogP contribution in [0.15, 0.2) is 28.0 Å². The molecule has 2 aromatic heterocycles. The van der Waals surface area contributed by atoms with Crippen molar-refractivity contribution in [2.75, 3.05) is 32.8 Å². The van der Waals surface area contributed by atoms with Gasteiger partial charge in [-0.25, -0.2) is 0 Å². The summed E-state index contributed by atoms with van der Waals surface area (Å²) in [7, 11) is 0. The van der Waals surface area contributed by atoms with Gasteiger partial charge in [-0.15, -0.1) is 22.7 Å². The van der Waals surface area contributed by atoms with Gasteiger partial charge in [0.15, 0.2) is 6.61 Å². The van der Waals surface area contributed by atoms with Crippen LogP contribution in [0.4, 0.5) is 0 Å². The lowest BCUT2D eigenvalue weighted by atomic mass is 9.98. The van der Waals surface area contributed by atoms with Gasteiger partial charge in [0, 0.05) is 0 Å². The van der Waals surface area contributed by atoms with Crippen LogP contribution in [0.5, 0.6) is 0 Å². The van der Waals surface area contributed by atoms with Gasteiger partial charge in [-0.1, -0.05) is 5.16 Å². The minimum atomic E-state index is -0.0535. The Morgan fingerprint density at radius 2 is 1.86 bits per heavy atom. The zero-order chi connectivity index (χ0) is 19.9. The number of halogens is 1. The quantitative estimate of drug-likeness (QED) is 0.264. The number of oxime groups is 1. The smallest absolute Gasteiger partial charge is 0.314 e. The Hall–Kier alpha value is -1.41. The molecule has 0 radical (unpaired) electrons. The van der Waals surface area contributed by atoms with Crippen molar-refractivity contribution in [3.05, 3.63) is 43.8 Å². The molecule has 2 aromatic rings. The number of hydrogen-bond donors (Lipinski definition) is 1. The first kappa shape index (κ1) is 23.9. The molecule has 1 N–H and O–H groups in total. The van der Waals surface area contributed by atoms with Gasteiger partial charge in [0.25, 0.3) is 0 Å². The molecule has 1 unspecified atom stereocenters. The molecule has 3 rings (SSSR count). The summed E-state index contributed by atoms with van der Waals surface area (Å²) in [4.78, 5) is 21.5. The summed E-state index contributed by atoms with van der Waals surface area (Å²) < 4.78 is 5.19. The summed E-state index contributed by atoms with van der Waals surface area (Å²) >= 11 is 3.40. The molecule has 1 aliphatic rings. The van der Waals surface area contributed by atoms with Gasteiger partial charge in [-0.05, 0) is 67.6 Å². The molecule has 0 saturated carbocycles. The maximum absolute atomic E-state index is 12.0. The summed E-state index contributed by atoms with van der Waals surface area (Å²) in [6, 6.07) is 4.23. The van der Waals surface area contributed by atoms with Crippen molar-refractivity contribution in [2.24, 2.45) is 11.1 Å². The number of likely N-dealkylation sites (tertiary alicyclic amines) is 1. The molecule has 0 spiro atoms. The SMILES string of the molecule is CCOC(=O)[C@H]1CCC[NH+](CCON=C(c2sccc2C)c2sccc2C)C1.[Cl-]. The van der Waals surface area contributed by atoms with Crippen molar-refractivity contribution in [1.29, 1.82) is 0 Å². The first-order valence-electron chi connectivity index (χ1n) is 9.89. The second kappa shape index (κ2) is 11.7. The Labute approximate surface area is 187 Å². The van der Waals surface area contributed by atoms with E-state index < -0.39 is 0 Å². The maximum Gasteiger partial charge on any atom is 0.314 e. The lowest BCUT2D eigenvalue weighted by molar-refractivity contribution is -0.908. The summed E-state index contributed by atoms with van der Waals surface area (Å²) in [5.41, 5.74) is 3.37. The predicted octanol–water partition coefficient (Wildman–Crippen LogP) is 0.0574. The number of rotatable bonds is 8. The molecule has 0 amide bonds. The number of quaternary nitrogens is 1. The van der Waals surface area contributed by atoms with Crippen molar-refractivity contribution < 1.29 is 31.7 Å². The normalized spacial score (nSPS) is 18.6. The standard InChI is InChI=1S/C21H28N2O3S2.ClH/c1-4-25-21(24)17-6-5-9-23(14-17)10-11-26-22-18(19-15(2)7-12-27-19)20-16(3)8-13-28-20;/h7-8,12-13,17H,4-6,9-11,14H2,1-3H3;1H/t17-;/m0./s1. The Morgan fingerprint density at radius 3 is 2.41 bits per heavy atom. The number of carbonyl (C=O) groups excluding carboxylic acids is 1. The zero-order valence-electron chi connectivity index (χ0n) is 17.2. The summed E-state index contributed by atoms with van der Waals surface area (Å²) in [5, 5.41) is 8.72. The van der Waals surface area contributed by atoms with E-state index in [1.165, 1.54) is 25.8 Å². The van der Waals surface area contributed by atoms with Crippen molar-refractivity contribution in [3.63, 3.8) is 0 Å². The topological polar surface area (TPSA) is 52.3 Å². The number of nitrogens with zero attached hydrogens (tertiary/aromatic N) is 1. The van der Waals surface area contributed by atoms with E-state index in [0.717, 1.165) is 38.2 Å². The number of nitrogens with one attached hydrogen (secondary N) is 1. The highest BCUT2D eigenvalue weighted by molar-refractivity contribution is 7.16. The van der Waals surface area contributed by atoms with Gasteiger partial charge in [-0.2, -0.15) is 0 Å². The van der Waals surface area contributed by atoms with E-state index in [4.69, 9.17) is 9.57 Å². The van der Waals surface area contributed by atoms with Crippen LogP contribution in [0.2, 0.25) is 0 Å². The summed E-state index contributed by atoms with van der Waals surface area (Å²) in [6.07, 6.45) is 1.98. The number of piperidine rings is 1. The second-order valence-electron chi connectivity index (χ2n) is 7.18. The summed E-state index contributed by atoms with van der Waals surface area (Å²) in [5.74, 6) is -0.0347. The van der Waals surface area contributed by atoms with Gasteiger partial charge in [0.2, 0.25) is 0 Å². The van der Waals surface area contributed by atoms with Crippen molar-refractivity contribution in [1.82, 2.24) is 0 Å². The number of esters is 1. The number of hydrogen-bond acceptors (Lipinski definition) is 6. The monoisotopic (exact) mass is 456 g/mol. The highest BCUT2D eigenvalue weighted by atomic mass is 35.5. The fourth-order valence-corrected chi connectivity index (χ4v) is 5.45. The fraction of sp³-hybridized carbons (Fsp3) is 0.524. The molecule has 1 saturated heterocycles. The average molecular weight is 457 g/mol. The van der Waals surface area contributed by atoms with E-state index >= 15 is 0 Å². The van der Waals surface area contributed by atoms with Gasteiger partial charge < -0.3 is 26.9 Å². The third-order valence-electron chi connectivity index (χ3n) is 5.09. The molecule has 160 valence electrons. The van der Waals surface area contributed by atoms with Gasteiger partial charge in [0.05, 0.1) is 29.5 Å². The Kier molecular flexibility index (Phi) is 9.62. The third-order valence-corrected chi connectivity index (χ3v) is 7.14. The first-order chi connectivity index (χ1) is 13.6. The number of aryl methyl sites for hydroxylation is 2. The average Bonchev–Trinajstić information content (AvgIpc) is 3.31. The minimum Gasteiger partial charge on any atom is -1.00 e. The van der Waals surface area contributed by atoms with Gasteiger partial charge in [-0.3, -0.25) is 4.79 Å². The van der Waals surface area contributed by atoms with E-state index in [-0.39, 0.29) is 24.3 Å². The van der Waals surface area contributed by atoms with Crippen LogP contribution in [-0.2, 0) is 14.4 Å². The second-order valence-corrected chi connectivity index (χ2v) is 9.02. The molecule has 29 heavy (non-hydrogen) atoms. The van der Waals surface area contributed by atoms with Crippen molar-refractivity contribution in [3.8, 4) is 0 Å². The van der Waals surface area contributed by atoms with E-state index in [1.54, 1.807) is 22.7 Å². The Balaban J connectivity index is 0.00000300. The van der Waals surface area contributed by atoms with Crippen LogP contribution in [0, 0.1) is 19.8 Å². The van der Waals surface area contributed by atoms with Crippen LogP contribution < -0.4 is 17.3 Å². The van der Waals surface area contributed by atoms with E-state index in [2.05, 4.69) is 41.9 Å². The third kappa shape index (κ3) is 6.28. The molecule has 1 aliphatic heterocycles. The van der Waals surface area contributed by atoms with Gasteiger partial charge in [0.1, 0.15) is 18.2 Å². The predicted molar refractivity (Wildman–Crippen MR) is 115 cm³/mol. The zero-order valence-corrected chi connectivity index (χ0v) is 19.6. The van der Waals surface area contributed by atoms with Crippen LogP contribution in [0.25, 0.3) is 0 Å². The molecule has 0 bridgehead atoms. The lowest BCUT2D eigenvalue weighted by Gasteiger charge is -2.28. The molecule has 8 heteroatoms. The van der Waals surface area contributed by atoms with Crippen LogP contribution in [-0.4, -0.2) is 44.5 Å². The molecular formula is C21H29ClN2O3S2. The van der Waals surface area contributed by atoms with E-state index in [0.29, 0.717) is 13.2 Å². The molecule has 2 atom stereocenters. The Bertz CT molecular complexity index is 776. The van der Waals surface area contributed by atoms with E-state index in [1.807, 2.05) is 6.92 Å². The number of carbonyl (C=O) groups is 1. The largest absolute Gasteiger partial charge is 1.00 e. The number of ether oxygens (including phenoxy) is 1. The molecule has 3 heterocycles. The minimum absolute atomic E-state index is 0. The van der Waals surface area contributed by atoms with Crippen molar-refractivity contribution in [2.45, 2.75) is 33.6 Å². The Morgan fingerprint density at radius 1 is 1.21 bits per heavy atom. The lowest BCUT2D eigenvalue weighted by Crippen LogP contribution is -3.14. The van der Waals surface area contributed by atoms with Crippen molar-refractivity contribution >= 4 is 34.4 Å². The molecular weight excluding hydrogens is 428 g/mol. The van der Waals surface area contributed by atoms with Crippen LogP contribution >= 0.6 is 22.7 Å².